The smallest absolute Gasteiger partial charge is 0.326 e. The summed E-state index contributed by atoms with van der Waals surface area (Å²) in [6.07, 6.45) is 0.119. The normalized spacial score (nSPS) is 11.6. The van der Waals surface area contributed by atoms with Crippen molar-refractivity contribution in [2.75, 3.05) is 0 Å². The summed E-state index contributed by atoms with van der Waals surface area (Å²) in [5, 5.41) is 20.8. The lowest BCUT2D eigenvalue weighted by molar-refractivity contribution is -0.139. The highest BCUT2D eigenvalue weighted by atomic mass is 16.4. The Morgan fingerprint density at radius 1 is 1.29 bits per heavy atom. The van der Waals surface area contributed by atoms with Crippen molar-refractivity contribution in [1.29, 1.82) is 5.26 Å². The van der Waals surface area contributed by atoms with Crippen molar-refractivity contribution in [2.45, 2.75) is 18.9 Å². The number of nitrogens with one attached hydrogen (secondary N) is 1. The third kappa shape index (κ3) is 3.54. The summed E-state index contributed by atoms with van der Waals surface area (Å²) < 4.78 is 0. The van der Waals surface area contributed by atoms with E-state index in [1.807, 2.05) is 24.3 Å². The Kier molecular flexibility index (Phi) is 4.46. The molecule has 0 saturated carbocycles. The van der Waals surface area contributed by atoms with Gasteiger partial charge in [0, 0.05) is 11.8 Å². The van der Waals surface area contributed by atoms with Crippen LogP contribution in [0.2, 0.25) is 0 Å². The Labute approximate surface area is 121 Å². The number of carbonyl (C=O) groups excluding carboxylic acids is 1. The van der Waals surface area contributed by atoms with Crippen LogP contribution in [0.1, 0.15) is 23.3 Å². The van der Waals surface area contributed by atoms with Gasteiger partial charge in [-0.3, -0.25) is 4.79 Å². The van der Waals surface area contributed by atoms with E-state index in [1.54, 1.807) is 18.2 Å². The van der Waals surface area contributed by atoms with Gasteiger partial charge >= 0.3 is 5.97 Å². The molecule has 0 bridgehead atoms. The number of rotatable bonds is 5. The van der Waals surface area contributed by atoms with Gasteiger partial charge in [0.15, 0.2) is 0 Å². The van der Waals surface area contributed by atoms with Crippen molar-refractivity contribution in [3.63, 3.8) is 0 Å². The first-order valence-electron chi connectivity index (χ1n) is 6.38. The highest BCUT2D eigenvalue weighted by Crippen LogP contribution is 2.12. The molecule has 1 atom stereocenters. The third-order valence-electron chi connectivity index (χ3n) is 2.98. The summed E-state index contributed by atoms with van der Waals surface area (Å²) in [4.78, 5) is 27.3. The van der Waals surface area contributed by atoms with Crippen LogP contribution in [0.15, 0.2) is 36.4 Å². The number of hydrogen-bond donors (Lipinski definition) is 2. The molecule has 2 N–H and O–H groups in total. The number of aromatic nitrogens is 1. The van der Waals surface area contributed by atoms with E-state index in [4.69, 9.17) is 10.4 Å². The van der Waals surface area contributed by atoms with Gasteiger partial charge in [-0.15, -0.1) is 0 Å². The maximum Gasteiger partial charge on any atom is 0.326 e. The van der Waals surface area contributed by atoms with Crippen LogP contribution >= 0.6 is 0 Å². The fraction of sp³-hybridized carbons (Fsp3) is 0.200. The van der Waals surface area contributed by atoms with Crippen molar-refractivity contribution in [3.05, 3.63) is 42.1 Å². The van der Waals surface area contributed by atoms with Gasteiger partial charge in [-0.2, -0.15) is 5.26 Å². The van der Waals surface area contributed by atoms with Gasteiger partial charge < -0.3 is 10.4 Å². The van der Waals surface area contributed by atoms with Gasteiger partial charge in [0.25, 0.3) is 5.91 Å². The van der Waals surface area contributed by atoms with Crippen LogP contribution in [-0.2, 0) is 4.79 Å². The van der Waals surface area contributed by atoms with Gasteiger partial charge in [0.05, 0.1) is 11.6 Å². The molecule has 2 aromatic rings. The average molecular weight is 283 g/mol. The summed E-state index contributed by atoms with van der Waals surface area (Å²) in [6, 6.07) is 11.4. The largest absolute Gasteiger partial charge is 0.480 e. The molecule has 1 aromatic carbocycles. The monoisotopic (exact) mass is 283 g/mol. The predicted octanol–water partition coefficient (Wildman–Crippen LogP) is 1.72. The lowest BCUT2D eigenvalue weighted by Gasteiger charge is -2.12. The minimum Gasteiger partial charge on any atom is -0.480 e. The van der Waals surface area contributed by atoms with Gasteiger partial charge in [0.1, 0.15) is 11.7 Å². The SMILES string of the molecule is N#CCCC(NC(=O)c1ccc2ccccc2n1)C(=O)O. The summed E-state index contributed by atoms with van der Waals surface area (Å²) in [5.74, 6) is -1.73. The molecule has 1 aromatic heterocycles. The standard InChI is InChI=1S/C15H13N3O3/c16-9-3-6-13(15(20)21)18-14(19)12-8-7-10-4-1-2-5-11(10)17-12/h1-2,4-5,7-8,13H,3,6H2,(H,18,19)(H,20,21). The van der Waals surface area contributed by atoms with Gasteiger partial charge in [-0.25, -0.2) is 9.78 Å². The number of pyridine rings is 1. The fourth-order valence-electron chi connectivity index (χ4n) is 1.89. The second-order valence-corrected chi connectivity index (χ2v) is 4.45. The van der Waals surface area contributed by atoms with Crippen molar-refractivity contribution in [1.82, 2.24) is 10.3 Å². The molecule has 0 saturated heterocycles. The highest BCUT2D eigenvalue weighted by Gasteiger charge is 2.20. The minimum absolute atomic E-state index is 0.0579. The number of carboxylic acid groups (broad SMARTS) is 1. The van der Waals surface area contributed by atoms with E-state index >= 15 is 0 Å². The Morgan fingerprint density at radius 2 is 2.05 bits per heavy atom. The second-order valence-electron chi connectivity index (χ2n) is 4.45. The number of para-hydroxylation sites is 1. The zero-order valence-electron chi connectivity index (χ0n) is 11.1. The average Bonchev–Trinajstić information content (AvgIpc) is 2.50. The lowest BCUT2D eigenvalue weighted by Crippen LogP contribution is -2.41. The number of carboxylic acids is 1. The van der Waals surface area contributed by atoms with E-state index in [-0.39, 0.29) is 18.5 Å². The van der Waals surface area contributed by atoms with Crippen LogP contribution in [0.25, 0.3) is 10.9 Å². The summed E-state index contributed by atoms with van der Waals surface area (Å²) in [6.45, 7) is 0. The quantitative estimate of drug-likeness (QED) is 0.869. The molecule has 0 spiro atoms. The molecule has 106 valence electrons. The number of hydrogen-bond acceptors (Lipinski definition) is 4. The van der Waals surface area contributed by atoms with Crippen molar-refractivity contribution >= 4 is 22.8 Å². The van der Waals surface area contributed by atoms with E-state index in [1.165, 1.54) is 0 Å². The van der Waals surface area contributed by atoms with Crippen LogP contribution in [0.3, 0.4) is 0 Å². The van der Waals surface area contributed by atoms with Crippen molar-refractivity contribution in [3.8, 4) is 6.07 Å². The first-order valence-corrected chi connectivity index (χ1v) is 6.38. The Morgan fingerprint density at radius 3 is 2.76 bits per heavy atom. The number of nitrogens with zero attached hydrogens (tertiary/aromatic N) is 2. The van der Waals surface area contributed by atoms with Crippen LogP contribution in [0, 0.1) is 11.3 Å². The van der Waals surface area contributed by atoms with E-state index in [9.17, 15) is 9.59 Å². The fourth-order valence-corrected chi connectivity index (χ4v) is 1.89. The maximum absolute atomic E-state index is 12.0. The molecule has 0 aliphatic carbocycles. The molecule has 1 amide bonds. The highest BCUT2D eigenvalue weighted by molar-refractivity contribution is 5.96. The number of nitriles is 1. The van der Waals surface area contributed by atoms with Crippen LogP contribution in [0.4, 0.5) is 0 Å². The van der Waals surface area contributed by atoms with Crippen LogP contribution < -0.4 is 5.32 Å². The van der Waals surface area contributed by atoms with Gasteiger partial charge in [0.2, 0.25) is 0 Å². The first-order chi connectivity index (χ1) is 10.1. The molecule has 1 unspecified atom stereocenters. The number of fused-ring (bicyclic) bond motifs is 1. The number of carbonyl (C=O) groups is 2. The maximum atomic E-state index is 12.0. The molecule has 1 heterocycles. The zero-order valence-corrected chi connectivity index (χ0v) is 11.1. The number of amides is 1. The summed E-state index contributed by atoms with van der Waals surface area (Å²) >= 11 is 0. The summed E-state index contributed by atoms with van der Waals surface area (Å²) in [7, 11) is 0. The second kappa shape index (κ2) is 6.48. The van der Waals surface area contributed by atoms with Crippen LogP contribution in [0.5, 0.6) is 0 Å². The number of benzene rings is 1. The van der Waals surface area contributed by atoms with Gasteiger partial charge in [-0.1, -0.05) is 24.3 Å². The minimum atomic E-state index is -1.17. The Balaban J connectivity index is 2.17. The topological polar surface area (TPSA) is 103 Å². The van der Waals surface area contributed by atoms with E-state index in [2.05, 4.69) is 10.3 Å². The molecule has 2 rings (SSSR count). The molecule has 0 radical (unpaired) electrons. The molecule has 0 aliphatic rings. The first kappa shape index (κ1) is 14.5. The molecule has 6 nitrogen and oxygen atoms in total. The summed E-state index contributed by atoms with van der Waals surface area (Å²) in [5.41, 5.74) is 0.811. The lowest BCUT2D eigenvalue weighted by atomic mass is 10.1. The van der Waals surface area contributed by atoms with E-state index in [0.29, 0.717) is 5.52 Å². The van der Waals surface area contributed by atoms with E-state index in [0.717, 1.165) is 5.39 Å². The molecule has 21 heavy (non-hydrogen) atoms. The van der Waals surface area contributed by atoms with E-state index < -0.39 is 17.9 Å². The number of aliphatic carboxylic acids is 1. The van der Waals surface area contributed by atoms with Crippen molar-refractivity contribution in [2.24, 2.45) is 0 Å². The molecule has 0 aliphatic heterocycles. The zero-order chi connectivity index (χ0) is 15.2. The van der Waals surface area contributed by atoms with Gasteiger partial charge in [-0.05, 0) is 18.6 Å². The molecule has 6 heteroatoms. The molecular formula is C15H13N3O3. The Hall–Kier alpha value is -2.94. The Bertz CT molecular complexity index is 721. The third-order valence-corrected chi connectivity index (χ3v) is 2.98. The predicted molar refractivity (Wildman–Crippen MR) is 75.5 cm³/mol. The van der Waals surface area contributed by atoms with Crippen LogP contribution in [-0.4, -0.2) is 28.0 Å². The molecule has 0 fully saturated rings. The van der Waals surface area contributed by atoms with Crippen molar-refractivity contribution < 1.29 is 14.7 Å². The molecular weight excluding hydrogens is 270 g/mol.